The Hall–Kier alpha value is -2.69. The molecule has 0 spiro atoms. The lowest BCUT2D eigenvalue weighted by Crippen LogP contribution is -2.39. The Bertz CT molecular complexity index is 792. The van der Waals surface area contributed by atoms with Crippen molar-refractivity contribution in [3.8, 4) is 6.07 Å². The van der Waals surface area contributed by atoms with Gasteiger partial charge in [-0.2, -0.15) is 5.26 Å². The van der Waals surface area contributed by atoms with Gasteiger partial charge in [0.15, 0.2) is 0 Å². The standard InChI is InChI=1S/C19H22N4O2S/c1-3-9-23(12-17(24)21-16-7-5-4-6-14(16)2)13-18(25)22-19-15(11-20)8-10-26-19/h4-8,10H,3,9,12-13H2,1-2H3,(H,21,24)(H,22,25). The summed E-state index contributed by atoms with van der Waals surface area (Å²) in [6, 6.07) is 11.3. The van der Waals surface area contributed by atoms with Crippen molar-refractivity contribution in [2.75, 3.05) is 30.3 Å². The zero-order valence-electron chi connectivity index (χ0n) is 14.9. The van der Waals surface area contributed by atoms with Gasteiger partial charge in [0, 0.05) is 5.69 Å². The van der Waals surface area contributed by atoms with Crippen LogP contribution < -0.4 is 10.6 Å². The Morgan fingerprint density at radius 1 is 1.15 bits per heavy atom. The van der Waals surface area contributed by atoms with Crippen LogP contribution in [0.1, 0.15) is 24.5 Å². The fourth-order valence-electron chi connectivity index (χ4n) is 2.50. The monoisotopic (exact) mass is 370 g/mol. The van der Waals surface area contributed by atoms with Crippen molar-refractivity contribution >= 4 is 33.8 Å². The molecule has 1 aromatic carbocycles. The smallest absolute Gasteiger partial charge is 0.239 e. The maximum Gasteiger partial charge on any atom is 0.239 e. The number of hydrogen-bond donors (Lipinski definition) is 2. The second kappa shape index (κ2) is 9.70. The van der Waals surface area contributed by atoms with Gasteiger partial charge in [-0.05, 0) is 43.0 Å². The number of nitrogens with one attached hydrogen (secondary N) is 2. The number of thiophene rings is 1. The van der Waals surface area contributed by atoms with Gasteiger partial charge in [-0.15, -0.1) is 11.3 Å². The SMILES string of the molecule is CCCN(CC(=O)Nc1ccccc1C)CC(=O)Nc1sccc1C#N. The van der Waals surface area contributed by atoms with Crippen LogP contribution >= 0.6 is 11.3 Å². The average Bonchev–Trinajstić information content (AvgIpc) is 3.04. The molecule has 1 aromatic heterocycles. The molecule has 2 amide bonds. The third kappa shape index (κ3) is 5.69. The highest BCUT2D eigenvalue weighted by Gasteiger charge is 2.16. The molecule has 2 rings (SSSR count). The molecular weight excluding hydrogens is 348 g/mol. The third-order valence-corrected chi connectivity index (χ3v) is 4.56. The summed E-state index contributed by atoms with van der Waals surface area (Å²) in [4.78, 5) is 26.4. The molecule has 0 atom stereocenters. The fraction of sp³-hybridized carbons (Fsp3) is 0.316. The third-order valence-electron chi connectivity index (χ3n) is 3.73. The lowest BCUT2D eigenvalue weighted by atomic mass is 10.2. The minimum Gasteiger partial charge on any atom is -0.325 e. The van der Waals surface area contributed by atoms with E-state index in [1.807, 2.05) is 44.2 Å². The van der Waals surface area contributed by atoms with Crippen LogP contribution in [-0.2, 0) is 9.59 Å². The van der Waals surface area contributed by atoms with Gasteiger partial charge in [0.1, 0.15) is 11.1 Å². The lowest BCUT2D eigenvalue weighted by molar-refractivity contribution is -0.120. The van der Waals surface area contributed by atoms with E-state index in [4.69, 9.17) is 5.26 Å². The fourth-order valence-corrected chi connectivity index (χ4v) is 3.25. The van der Waals surface area contributed by atoms with Crippen molar-refractivity contribution < 1.29 is 9.59 Å². The summed E-state index contributed by atoms with van der Waals surface area (Å²) in [6.07, 6.45) is 0.827. The topological polar surface area (TPSA) is 85.2 Å². The number of anilines is 2. The number of aryl methyl sites for hydroxylation is 1. The molecule has 0 saturated heterocycles. The van der Waals surface area contributed by atoms with Crippen LogP contribution in [0.2, 0.25) is 0 Å². The highest BCUT2D eigenvalue weighted by Crippen LogP contribution is 2.22. The van der Waals surface area contributed by atoms with E-state index in [1.54, 1.807) is 16.3 Å². The summed E-state index contributed by atoms with van der Waals surface area (Å²) in [5, 5.41) is 16.9. The second-order valence-electron chi connectivity index (χ2n) is 5.90. The number of hydrogen-bond acceptors (Lipinski definition) is 5. The van der Waals surface area contributed by atoms with Crippen molar-refractivity contribution in [1.82, 2.24) is 4.90 Å². The van der Waals surface area contributed by atoms with Crippen molar-refractivity contribution in [2.45, 2.75) is 20.3 Å². The Kier molecular flexibility index (Phi) is 7.33. The van der Waals surface area contributed by atoms with E-state index in [2.05, 4.69) is 10.6 Å². The first kappa shape index (κ1) is 19.6. The average molecular weight is 370 g/mol. The largest absolute Gasteiger partial charge is 0.325 e. The van der Waals surface area contributed by atoms with Crippen LogP contribution in [0.15, 0.2) is 35.7 Å². The predicted molar refractivity (Wildman–Crippen MR) is 104 cm³/mol. The molecule has 2 N–H and O–H groups in total. The molecule has 1 heterocycles. The summed E-state index contributed by atoms with van der Waals surface area (Å²) >= 11 is 1.31. The first-order valence-corrected chi connectivity index (χ1v) is 9.26. The van der Waals surface area contributed by atoms with Crippen LogP contribution in [0, 0.1) is 18.3 Å². The van der Waals surface area contributed by atoms with E-state index in [9.17, 15) is 9.59 Å². The van der Waals surface area contributed by atoms with Crippen LogP contribution in [0.4, 0.5) is 10.7 Å². The lowest BCUT2D eigenvalue weighted by Gasteiger charge is -2.20. The first-order chi connectivity index (χ1) is 12.5. The van der Waals surface area contributed by atoms with Crippen LogP contribution in [0.3, 0.4) is 0 Å². The molecule has 0 aliphatic heterocycles. The molecule has 26 heavy (non-hydrogen) atoms. The number of rotatable bonds is 8. The van der Waals surface area contributed by atoms with Gasteiger partial charge in [0.2, 0.25) is 11.8 Å². The van der Waals surface area contributed by atoms with E-state index in [0.717, 1.165) is 17.7 Å². The molecule has 6 nitrogen and oxygen atoms in total. The van der Waals surface area contributed by atoms with Gasteiger partial charge in [-0.1, -0.05) is 25.1 Å². The molecule has 0 aliphatic rings. The quantitative estimate of drug-likeness (QED) is 0.747. The van der Waals surface area contributed by atoms with Gasteiger partial charge in [-0.25, -0.2) is 0 Å². The molecule has 0 radical (unpaired) electrons. The number of amides is 2. The molecule has 0 bridgehead atoms. The molecule has 0 unspecified atom stereocenters. The van der Waals surface area contributed by atoms with Gasteiger partial charge >= 0.3 is 0 Å². The Balaban J connectivity index is 1.93. The minimum absolute atomic E-state index is 0.0950. The zero-order valence-corrected chi connectivity index (χ0v) is 15.7. The minimum atomic E-state index is -0.235. The predicted octanol–water partition coefficient (Wildman–Crippen LogP) is 3.22. The number of carbonyl (C=O) groups excluding carboxylic acids is 2. The number of nitriles is 1. The van der Waals surface area contributed by atoms with Gasteiger partial charge in [0.25, 0.3) is 0 Å². The number of nitrogens with zero attached hydrogens (tertiary/aromatic N) is 2. The van der Waals surface area contributed by atoms with Crippen molar-refractivity contribution in [1.29, 1.82) is 5.26 Å². The summed E-state index contributed by atoms with van der Waals surface area (Å²) in [6.45, 7) is 4.78. The summed E-state index contributed by atoms with van der Waals surface area (Å²) in [5.74, 6) is -0.393. The van der Waals surface area contributed by atoms with E-state index < -0.39 is 0 Å². The van der Waals surface area contributed by atoms with Gasteiger partial charge in [0.05, 0.1) is 18.7 Å². The molecular formula is C19H22N4O2S. The van der Waals surface area contributed by atoms with E-state index in [-0.39, 0.29) is 24.9 Å². The Morgan fingerprint density at radius 3 is 2.50 bits per heavy atom. The van der Waals surface area contributed by atoms with Crippen molar-refractivity contribution in [2.24, 2.45) is 0 Å². The van der Waals surface area contributed by atoms with Crippen molar-refractivity contribution in [3.63, 3.8) is 0 Å². The van der Waals surface area contributed by atoms with Crippen LogP contribution in [0.25, 0.3) is 0 Å². The molecule has 0 fully saturated rings. The highest BCUT2D eigenvalue weighted by molar-refractivity contribution is 7.14. The summed E-state index contributed by atoms with van der Waals surface area (Å²) < 4.78 is 0. The number of para-hydroxylation sites is 1. The number of carbonyl (C=O) groups is 2. The normalized spacial score (nSPS) is 10.4. The van der Waals surface area contributed by atoms with Gasteiger partial charge < -0.3 is 10.6 Å². The highest BCUT2D eigenvalue weighted by atomic mass is 32.1. The Morgan fingerprint density at radius 2 is 1.85 bits per heavy atom. The maximum atomic E-state index is 12.3. The molecule has 7 heteroatoms. The number of benzene rings is 1. The maximum absolute atomic E-state index is 12.3. The summed E-state index contributed by atoms with van der Waals surface area (Å²) in [7, 11) is 0. The zero-order chi connectivity index (χ0) is 18.9. The first-order valence-electron chi connectivity index (χ1n) is 8.38. The molecule has 2 aromatic rings. The second-order valence-corrected chi connectivity index (χ2v) is 6.81. The van der Waals surface area contributed by atoms with Crippen LogP contribution in [-0.4, -0.2) is 36.3 Å². The Labute approximate surface area is 157 Å². The van der Waals surface area contributed by atoms with E-state index in [1.165, 1.54) is 11.3 Å². The van der Waals surface area contributed by atoms with Gasteiger partial charge in [-0.3, -0.25) is 14.5 Å². The van der Waals surface area contributed by atoms with Crippen LogP contribution in [0.5, 0.6) is 0 Å². The molecule has 136 valence electrons. The van der Waals surface area contributed by atoms with Crippen molar-refractivity contribution in [3.05, 3.63) is 46.8 Å². The summed E-state index contributed by atoms with van der Waals surface area (Å²) in [5.41, 5.74) is 2.21. The molecule has 0 aliphatic carbocycles. The van der Waals surface area contributed by atoms with E-state index >= 15 is 0 Å². The molecule has 0 saturated carbocycles. The van der Waals surface area contributed by atoms with E-state index in [0.29, 0.717) is 17.1 Å².